The van der Waals surface area contributed by atoms with E-state index in [9.17, 15) is 0 Å². The number of ether oxygens (including phenoxy) is 2. The first-order valence-electron chi connectivity index (χ1n) is 11.8. The average molecular weight is 412 g/mol. The Kier molecular flexibility index (Phi) is 7.78. The van der Waals surface area contributed by atoms with Gasteiger partial charge in [0.15, 0.2) is 0 Å². The van der Waals surface area contributed by atoms with E-state index in [1.165, 1.54) is 32.1 Å². The highest BCUT2D eigenvalue weighted by atomic mass is 16.5. The van der Waals surface area contributed by atoms with Crippen LogP contribution in [0.25, 0.3) is 0 Å². The molecule has 1 saturated heterocycles. The van der Waals surface area contributed by atoms with Crippen molar-refractivity contribution in [3.8, 4) is 0 Å². The van der Waals surface area contributed by atoms with E-state index in [-0.39, 0.29) is 12.0 Å². The maximum Gasteiger partial charge on any atom is 0.0701 e. The van der Waals surface area contributed by atoms with Crippen molar-refractivity contribution < 1.29 is 14.6 Å². The van der Waals surface area contributed by atoms with Crippen molar-refractivity contribution in [3.63, 3.8) is 0 Å². The first kappa shape index (κ1) is 21.8. The van der Waals surface area contributed by atoms with Gasteiger partial charge in [-0.15, -0.1) is 0 Å². The fourth-order valence-electron chi connectivity index (χ4n) is 5.54. The SMILES string of the molecule is OCCOCCOCCN1CCC(=C2CCCC3=CC=CCC34CC=CC=C24)CC1. The summed E-state index contributed by atoms with van der Waals surface area (Å²) in [6, 6.07) is 0. The predicted octanol–water partition coefficient (Wildman–Crippen LogP) is 4.35. The Morgan fingerprint density at radius 3 is 2.37 bits per heavy atom. The molecule has 0 amide bonds. The molecule has 1 saturated carbocycles. The van der Waals surface area contributed by atoms with Crippen LogP contribution in [0.15, 0.2) is 58.7 Å². The zero-order chi connectivity index (χ0) is 20.7. The van der Waals surface area contributed by atoms with Gasteiger partial charge >= 0.3 is 0 Å². The Morgan fingerprint density at radius 2 is 1.60 bits per heavy atom. The predicted molar refractivity (Wildman–Crippen MR) is 121 cm³/mol. The summed E-state index contributed by atoms with van der Waals surface area (Å²) in [7, 11) is 0. The number of aliphatic hydroxyl groups excluding tert-OH is 1. The second-order valence-corrected chi connectivity index (χ2v) is 8.84. The van der Waals surface area contributed by atoms with Crippen LogP contribution in [0, 0.1) is 5.41 Å². The summed E-state index contributed by atoms with van der Waals surface area (Å²) in [5.74, 6) is 0. The monoisotopic (exact) mass is 411 g/mol. The molecule has 0 aromatic rings. The molecule has 4 rings (SSSR count). The number of hydrogen-bond donors (Lipinski definition) is 1. The third kappa shape index (κ3) is 4.88. The molecule has 1 aliphatic heterocycles. The highest BCUT2D eigenvalue weighted by molar-refractivity contribution is 5.53. The molecule has 2 fully saturated rings. The first-order chi connectivity index (χ1) is 14.8. The number of nitrogens with zero attached hydrogens (tertiary/aromatic N) is 1. The molecule has 4 heteroatoms. The van der Waals surface area contributed by atoms with Gasteiger partial charge in [-0.3, -0.25) is 0 Å². The number of hydrogen-bond acceptors (Lipinski definition) is 4. The van der Waals surface area contributed by atoms with Gasteiger partial charge in [0.1, 0.15) is 0 Å². The van der Waals surface area contributed by atoms with E-state index in [1.807, 2.05) is 0 Å². The molecular formula is C26H37NO3. The Hall–Kier alpha value is -1.46. The number of likely N-dealkylation sites (tertiary alicyclic amines) is 1. The van der Waals surface area contributed by atoms with Crippen LogP contribution in [0.5, 0.6) is 0 Å². The molecular weight excluding hydrogens is 374 g/mol. The molecule has 1 unspecified atom stereocenters. The molecule has 1 heterocycles. The van der Waals surface area contributed by atoms with E-state index in [2.05, 4.69) is 41.4 Å². The Bertz CT molecular complexity index is 731. The smallest absolute Gasteiger partial charge is 0.0701 e. The van der Waals surface area contributed by atoms with Crippen LogP contribution >= 0.6 is 0 Å². The molecule has 1 spiro atoms. The molecule has 164 valence electrons. The number of piperidine rings is 1. The van der Waals surface area contributed by atoms with Crippen molar-refractivity contribution in [1.29, 1.82) is 0 Å². The third-order valence-electron chi connectivity index (χ3n) is 7.14. The van der Waals surface area contributed by atoms with E-state index in [1.54, 1.807) is 22.3 Å². The summed E-state index contributed by atoms with van der Waals surface area (Å²) in [6.07, 6.45) is 22.6. The lowest BCUT2D eigenvalue weighted by atomic mass is 9.63. The maximum atomic E-state index is 8.70. The van der Waals surface area contributed by atoms with Crippen molar-refractivity contribution in [3.05, 3.63) is 58.7 Å². The molecule has 0 aromatic carbocycles. The van der Waals surface area contributed by atoms with Gasteiger partial charge in [-0.2, -0.15) is 0 Å². The molecule has 0 bridgehead atoms. The minimum Gasteiger partial charge on any atom is -0.394 e. The van der Waals surface area contributed by atoms with E-state index in [0.717, 1.165) is 39.1 Å². The molecule has 3 aliphatic carbocycles. The lowest BCUT2D eigenvalue weighted by Crippen LogP contribution is -2.34. The van der Waals surface area contributed by atoms with E-state index in [0.29, 0.717) is 19.8 Å². The molecule has 0 radical (unpaired) electrons. The van der Waals surface area contributed by atoms with Crippen molar-refractivity contribution in [2.24, 2.45) is 5.41 Å². The van der Waals surface area contributed by atoms with Gasteiger partial charge in [-0.1, -0.05) is 47.6 Å². The lowest BCUT2D eigenvalue weighted by molar-refractivity contribution is 0.0259. The minimum absolute atomic E-state index is 0.0776. The van der Waals surface area contributed by atoms with E-state index in [4.69, 9.17) is 14.6 Å². The standard InChI is InChI=1S/C26H37NO3/c28-17-19-30-21-20-29-18-16-27-14-10-22(11-15-27)24-8-5-7-23-6-1-3-12-26(23)13-4-2-9-25(24)26/h1-4,6,9,28H,5,7-8,10-21H2. The zero-order valence-electron chi connectivity index (χ0n) is 18.3. The molecule has 0 aromatic heterocycles. The van der Waals surface area contributed by atoms with Gasteiger partial charge < -0.3 is 19.5 Å². The summed E-state index contributed by atoms with van der Waals surface area (Å²) in [4.78, 5) is 2.54. The first-order valence-corrected chi connectivity index (χ1v) is 11.8. The lowest BCUT2D eigenvalue weighted by Gasteiger charge is -2.41. The summed E-state index contributed by atoms with van der Waals surface area (Å²) in [6.45, 7) is 5.68. The summed E-state index contributed by atoms with van der Waals surface area (Å²) in [5.41, 5.74) is 6.93. The summed E-state index contributed by atoms with van der Waals surface area (Å²) < 4.78 is 10.9. The highest BCUT2D eigenvalue weighted by Crippen LogP contribution is 2.54. The van der Waals surface area contributed by atoms with Gasteiger partial charge in [0.05, 0.1) is 33.0 Å². The van der Waals surface area contributed by atoms with E-state index >= 15 is 0 Å². The maximum absolute atomic E-state index is 8.70. The van der Waals surface area contributed by atoms with Crippen LogP contribution in [-0.4, -0.2) is 62.7 Å². The van der Waals surface area contributed by atoms with Crippen molar-refractivity contribution in [2.45, 2.75) is 44.9 Å². The molecule has 4 nitrogen and oxygen atoms in total. The zero-order valence-corrected chi connectivity index (χ0v) is 18.3. The Balaban J connectivity index is 1.34. The van der Waals surface area contributed by atoms with Crippen LogP contribution in [0.3, 0.4) is 0 Å². The highest BCUT2D eigenvalue weighted by Gasteiger charge is 2.41. The van der Waals surface area contributed by atoms with Crippen LogP contribution in [0.2, 0.25) is 0 Å². The fraction of sp³-hybridized carbons (Fsp3) is 0.615. The molecule has 1 N–H and O–H groups in total. The van der Waals surface area contributed by atoms with Crippen LogP contribution in [0.4, 0.5) is 0 Å². The van der Waals surface area contributed by atoms with E-state index < -0.39 is 0 Å². The van der Waals surface area contributed by atoms with Crippen LogP contribution < -0.4 is 0 Å². The second-order valence-electron chi connectivity index (χ2n) is 8.84. The normalized spacial score (nSPS) is 26.7. The summed E-state index contributed by atoms with van der Waals surface area (Å²) in [5, 5.41) is 8.70. The van der Waals surface area contributed by atoms with Crippen molar-refractivity contribution >= 4 is 0 Å². The van der Waals surface area contributed by atoms with Gasteiger partial charge in [-0.25, -0.2) is 0 Å². The van der Waals surface area contributed by atoms with Crippen molar-refractivity contribution in [2.75, 3.05) is 52.7 Å². The molecule has 30 heavy (non-hydrogen) atoms. The molecule has 1 atom stereocenters. The Morgan fingerprint density at radius 1 is 0.867 bits per heavy atom. The van der Waals surface area contributed by atoms with Gasteiger partial charge in [-0.05, 0) is 56.1 Å². The largest absolute Gasteiger partial charge is 0.394 e. The second kappa shape index (κ2) is 10.7. The summed E-state index contributed by atoms with van der Waals surface area (Å²) >= 11 is 0. The van der Waals surface area contributed by atoms with Crippen LogP contribution in [-0.2, 0) is 9.47 Å². The number of allylic oxidation sites excluding steroid dienone is 9. The van der Waals surface area contributed by atoms with Crippen molar-refractivity contribution in [1.82, 2.24) is 4.90 Å². The molecule has 4 aliphatic rings. The number of rotatable bonds is 8. The number of aliphatic hydroxyl groups is 1. The van der Waals surface area contributed by atoms with Gasteiger partial charge in [0.2, 0.25) is 0 Å². The Labute approximate surface area is 181 Å². The van der Waals surface area contributed by atoms with Crippen LogP contribution in [0.1, 0.15) is 44.9 Å². The minimum atomic E-state index is 0.0776. The quantitative estimate of drug-likeness (QED) is 0.603. The fourth-order valence-corrected chi connectivity index (χ4v) is 5.54. The topological polar surface area (TPSA) is 41.9 Å². The van der Waals surface area contributed by atoms with Gasteiger partial charge in [0.25, 0.3) is 0 Å². The average Bonchev–Trinajstić information content (AvgIpc) is 2.96. The van der Waals surface area contributed by atoms with Gasteiger partial charge in [0, 0.05) is 25.0 Å². The third-order valence-corrected chi connectivity index (χ3v) is 7.14.